The minimum absolute atomic E-state index is 0.0333. The fraction of sp³-hybridized carbons (Fsp3) is 0.385. The summed E-state index contributed by atoms with van der Waals surface area (Å²) >= 11 is 0. The molecule has 1 spiro atoms. The Balaban J connectivity index is 1.38. The van der Waals surface area contributed by atoms with Crippen molar-refractivity contribution in [2.45, 2.75) is 36.5 Å². The molecule has 10 heteroatoms. The van der Waals surface area contributed by atoms with Crippen LogP contribution in [0, 0.1) is 5.92 Å². The lowest BCUT2D eigenvalue weighted by Gasteiger charge is -2.34. The molecule has 36 heavy (non-hydrogen) atoms. The van der Waals surface area contributed by atoms with Crippen LogP contribution in [0.2, 0.25) is 0 Å². The molecule has 0 unspecified atom stereocenters. The van der Waals surface area contributed by atoms with Crippen molar-refractivity contribution in [2.24, 2.45) is 5.92 Å². The van der Waals surface area contributed by atoms with Gasteiger partial charge in [-0.3, -0.25) is 9.52 Å². The maximum Gasteiger partial charge on any atom is 0.266 e. The van der Waals surface area contributed by atoms with Crippen LogP contribution in [0.1, 0.15) is 41.3 Å². The van der Waals surface area contributed by atoms with Crippen molar-refractivity contribution < 1.29 is 22.5 Å². The van der Waals surface area contributed by atoms with Gasteiger partial charge in [0.15, 0.2) is 11.6 Å². The third kappa shape index (κ3) is 3.38. The van der Waals surface area contributed by atoms with Gasteiger partial charge in [-0.2, -0.15) is 0 Å². The molecule has 2 aliphatic carbocycles. The number of fused-ring (bicyclic) bond motifs is 4. The molecule has 1 saturated carbocycles. The van der Waals surface area contributed by atoms with Crippen LogP contribution in [-0.2, 0) is 21.9 Å². The molecule has 1 aromatic heterocycles. The number of hydrogen-bond donors (Lipinski definition) is 2. The van der Waals surface area contributed by atoms with Crippen molar-refractivity contribution in [2.75, 3.05) is 36.9 Å². The Morgan fingerprint density at radius 1 is 1.22 bits per heavy atom. The van der Waals surface area contributed by atoms with Crippen LogP contribution in [0.5, 0.6) is 5.75 Å². The summed E-state index contributed by atoms with van der Waals surface area (Å²) in [6.07, 6.45) is 2.88. The lowest BCUT2D eigenvalue weighted by atomic mass is 9.77. The largest absolute Gasteiger partial charge is 0.495 e. The number of nitrogens with one attached hydrogen (secondary N) is 2. The molecule has 3 aromatic rings. The molecule has 6 rings (SSSR count). The van der Waals surface area contributed by atoms with Crippen molar-refractivity contribution in [3.8, 4) is 17.1 Å². The van der Waals surface area contributed by atoms with E-state index in [0.717, 1.165) is 36.3 Å². The number of carbonyl (C=O) groups is 1. The smallest absolute Gasteiger partial charge is 0.266 e. The summed E-state index contributed by atoms with van der Waals surface area (Å²) in [6.45, 7) is 4.30. The molecule has 2 atom stereocenters. The van der Waals surface area contributed by atoms with Crippen LogP contribution < -0.4 is 19.7 Å². The summed E-state index contributed by atoms with van der Waals surface area (Å²) in [5.41, 5.74) is 4.44. The summed E-state index contributed by atoms with van der Waals surface area (Å²) in [5.74, 6) is 1.03. The highest BCUT2D eigenvalue weighted by Gasteiger charge is 2.56. The predicted molar refractivity (Wildman–Crippen MR) is 135 cm³/mol. The molecule has 1 saturated heterocycles. The van der Waals surface area contributed by atoms with Crippen LogP contribution in [0.4, 0.5) is 11.5 Å². The van der Waals surface area contributed by atoms with Gasteiger partial charge in [-0.1, -0.05) is 18.1 Å². The van der Waals surface area contributed by atoms with Gasteiger partial charge < -0.3 is 19.5 Å². The van der Waals surface area contributed by atoms with E-state index < -0.39 is 10.0 Å². The fourth-order valence-electron chi connectivity index (χ4n) is 5.57. The van der Waals surface area contributed by atoms with Gasteiger partial charge in [-0.15, -0.1) is 0 Å². The molecule has 2 fully saturated rings. The van der Waals surface area contributed by atoms with E-state index in [0.29, 0.717) is 23.7 Å². The Morgan fingerprint density at radius 3 is 2.64 bits per heavy atom. The summed E-state index contributed by atoms with van der Waals surface area (Å²) in [5, 5.41) is 6.68. The normalized spacial score (nSPS) is 21.9. The highest BCUT2D eigenvalue weighted by Crippen LogP contribution is 2.62. The van der Waals surface area contributed by atoms with E-state index in [1.54, 1.807) is 0 Å². The second-order valence-corrected chi connectivity index (χ2v) is 11.5. The number of carbonyl (C=O) groups excluding carboxylic acids is 1. The zero-order valence-electron chi connectivity index (χ0n) is 20.4. The molecular formula is C26H28N4O5S. The quantitative estimate of drug-likeness (QED) is 0.523. The molecule has 2 N–H and O–H groups in total. The monoisotopic (exact) mass is 508 g/mol. The number of nitrogens with zero attached hydrogens (tertiary/aromatic N) is 2. The molecule has 2 aromatic carbocycles. The maximum absolute atomic E-state index is 13.4. The molecule has 188 valence electrons. The Hall–Kier alpha value is -3.53. The fourth-order valence-corrected chi connectivity index (χ4v) is 6.75. The first-order valence-electron chi connectivity index (χ1n) is 12.1. The highest BCUT2D eigenvalue weighted by atomic mass is 32.2. The zero-order valence-corrected chi connectivity index (χ0v) is 21.2. The highest BCUT2D eigenvalue weighted by molar-refractivity contribution is 7.92. The molecule has 1 aliphatic heterocycles. The van der Waals surface area contributed by atoms with Crippen LogP contribution in [0.25, 0.3) is 11.3 Å². The average Bonchev–Trinajstić information content (AvgIpc) is 3.31. The van der Waals surface area contributed by atoms with E-state index >= 15 is 0 Å². The molecule has 1 amide bonds. The van der Waals surface area contributed by atoms with E-state index in [2.05, 4.69) is 45.2 Å². The van der Waals surface area contributed by atoms with E-state index in [1.807, 2.05) is 0 Å². The van der Waals surface area contributed by atoms with E-state index in [4.69, 9.17) is 9.26 Å². The SMILES string of the molecule is CNC(=O)c1ccc(S(=O)(=O)Nc2noc3c2C[C@@]2(C[C@@H]2C)c2ccc(N4CCC4)cc2-3)c(OC)c1. The predicted octanol–water partition coefficient (Wildman–Crippen LogP) is 3.55. The van der Waals surface area contributed by atoms with Crippen molar-refractivity contribution in [1.82, 2.24) is 10.5 Å². The number of hydrogen-bond acceptors (Lipinski definition) is 7. The van der Waals surface area contributed by atoms with Crippen molar-refractivity contribution in [1.29, 1.82) is 0 Å². The number of benzene rings is 2. The first-order chi connectivity index (χ1) is 17.3. The molecule has 0 radical (unpaired) electrons. The Labute approximate surface area is 209 Å². The number of aromatic nitrogens is 1. The third-order valence-electron chi connectivity index (χ3n) is 7.91. The van der Waals surface area contributed by atoms with Gasteiger partial charge >= 0.3 is 0 Å². The van der Waals surface area contributed by atoms with Crippen molar-refractivity contribution >= 4 is 27.4 Å². The molecule has 9 nitrogen and oxygen atoms in total. The van der Waals surface area contributed by atoms with Gasteiger partial charge in [-0.25, -0.2) is 8.42 Å². The summed E-state index contributed by atoms with van der Waals surface area (Å²) in [7, 11) is -1.20. The minimum Gasteiger partial charge on any atom is -0.495 e. The second kappa shape index (κ2) is 7.99. The van der Waals surface area contributed by atoms with Crippen molar-refractivity contribution in [3.63, 3.8) is 0 Å². The first kappa shape index (κ1) is 22.9. The van der Waals surface area contributed by atoms with Gasteiger partial charge in [-0.05, 0) is 61.1 Å². The van der Waals surface area contributed by atoms with Gasteiger partial charge in [0.1, 0.15) is 10.6 Å². The topological polar surface area (TPSA) is 114 Å². The van der Waals surface area contributed by atoms with Gasteiger partial charge in [0.05, 0.1) is 7.11 Å². The number of rotatable bonds is 6. The van der Waals surface area contributed by atoms with Crippen LogP contribution in [-0.4, -0.2) is 46.7 Å². The van der Waals surface area contributed by atoms with Crippen LogP contribution in [0.15, 0.2) is 45.8 Å². The summed E-state index contributed by atoms with van der Waals surface area (Å²) < 4.78 is 40.5. The van der Waals surface area contributed by atoms with Crippen LogP contribution >= 0.6 is 0 Å². The number of methoxy groups -OCH3 is 1. The summed E-state index contributed by atoms with van der Waals surface area (Å²) in [4.78, 5) is 14.2. The second-order valence-electron chi connectivity index (χ2n) is 9.90. The molecule has 0 bridgehead atoms. The average molecular weight is 509 g/mol. The number of anilines is 2. The van der Waals surface area contributed by atoms with E-state index in [9.17, 15) is 13.2 Å². The van der Waals surface area contributed by atoms with Gasteiger partial charge in [0.25, 0.3) is 15.9 Å². The Morgan fingerprint density at radius 2 is 2.00 bits per heavy atom. The zero-order chi connectivity index (χ0) is 25.2. The lowest BCUT2D eigenvalue weighted by Crippen LogP contribution is -2.37. The van der Waals surface area contributed by atoms with E-state index in [-0.39, 0.29) is 27.8 Å². The number of sulfonamides is 1. The van der Waals surface area contributed by atoms with Gasteiger partial charge in [0.2, 0.25) is 0 Å². The number of ether oxygens (including phenoxy) is 1. The molecular weight excluding hydrogens is 480 g/mol. The maximum atomic E-state index is 13.4. The van der Waals surface area contributed by atoms with E-state index in [1.165, 1.54) is 44.3 Å². The lowest BCUT2D eigenvalue weighted by molar-refractivity contribution is 0.0962. The third-order valence-corrected chi connectivity index (χ3v) is 9.29. The molecule has 3 aliphatic rings. The number of amides is 1. The standard InChI is InChI=1S/C26H28N4O5S/c1-15-13-26(15)14-19-23(18-12-17(6-7-20(18)26)30-9-4-10-30)35-28-24(19)29-36(32,33)22-8-5-16(25(31)27-2)11-21(22)34-3/h5-8,11-12,15H,4,9-10,13-14H2,1-3H3,(H,27,31)(H,28,29)/t15-,26+/m0/s1. The Bertz CT molecular complexity index is 1490. The van der Waals surface area contributed by atoms with Gasteiger partial charge in [0, 0.05) is 47.9 Å². The minimum atomic E-state index is -4.07. The Kier molecular flexibility index (Phi) is 5.08. The first-order valence-corrected chi connectivity index (χ1v) is 13.6. The summed E-state index contributed by atoms with van der Waals surface area (Å²) in [6, 6.07) is 10.8. The van der Waals surface area contributed by atoms with Crippen molar-refractivity contribution in [3.05, 3.63) is 53.1 Å². The van der Waals surface area contributed by atoms with Crippen LogP contribution in [0.3, 0.4) is 0 Å². The molecule has 2 heterocycles.